The summed E-state index contributed by atoms with van der Waals surface area (Å²) in [6.07, 6.45) is 6.61. The first-order valence-electron chi connectivity index (χ1n) is 7.75. The van der Waals surface area contributed by atoms with Crippen LogP contribution in [0, 0.1) is 0 Å². The number of aliphatic hydroxyl groups excluding tert-OH is 1. The molecule has 2 atom stereocenters. The zero-order valence-corrected chi connectivity index (χ0v) is 12.6. The second-order valence-corrected chi connectivity index (χ2v) is 5.89. The molecule has 2 unspecified atom stereocenters. The first kappa shape index (κ1) is 16.9. The highest BCUT2D eigenvalue weighted by Crippen LogP contribution is 2.17. The molecule has 0 aromatic heterocycles. The molecule has 1 aliphatic heterocycles. The van der Waals surface area contributed by atoms with Gasteiger partial charge in [0, 0.05) is 25.3 Å². The maximum Gasteiger partial charge on any atom is 0.0897 e. The molecule has 0 amide bonds. The molecule has 114 valence electrons. The Hall–Kier alpha value is -0.160. The van der Waals surface area contributed by atoms with Crippen molar-refractivity contribution in [3.63, 3.8) is 0 Å². The third kappa shape index (κ3) is 7.88. The van der Waals surface area contributed by atoms with Crippen molar-refractivity contribution >= 4 is 0 Å². The lowest BCUT2D eigenvalue weighted by Gasteiger charge is -2.35. The Morgan fingerprint density at radius 2 is 2.21 bits per heavy atom. The fourth-order valence-corrected chi connectivity index (χ4v) is 2.35. The van der Waals surface area contributed by atoms with Crippen LogP contribution in [-0.2, 0) is 9.47 Å². The Bertz CT molecular complexity index is 217. The van der Waals surface area contributed by atoms with E-state index in [9.17, 15) is 5.11 Å². The molecule has 4 heteroatoms. The minimum Gasteiger partial charge on any atom is -0.389 e. The fraction of sp³-hybridized carbons (Fsp3) is 1.00. The van der Waals surface area contributed by atoms with Crippen LogP contribution >= 0.6 is 0 Å². The number of hydrogen-bond donors (Lipinski definition) is 2. The summed E-state index contributed by atoms with van der Waals surface area (Å²) >= 11 is 0. The zero-order valence-electron chi connectivity index (χ0n) is 12.6. The number of rotatable bonds is 10. The summed E-state index contributed by atoms with van der Waals surface area (Å²) in [4.78, 5) is 0. The Morgan fingerprint density at radius 3 is 2.89 bits per heavy atom. The van der Waals surface area contributed by atoms with Gasteiger partial charge in [-0.15, -0.1) is 0 Å². The van der Waals surface area contributed by atoms with Gasteiger partial charge in [0.1, 0.15) is 0 Å². The van der Waals surface area contributed by atoms with Crippen LogP contribution in [0.5, 0.6) is 0 Å². The maximum atomic E-state index is 9.87. The molecule has 19 heavy (non-hydrogen) atoms. The van der Waals surface area contributed by atoms with Crippen molar-refractivity contribution in [2.24, 2.45) is 0 Å². The van der Waals surface area contributed by atoms with Crippen molar-refractivity contribution in [1.82, 2.24) is 5.32 Å². The molecule has 0 aliphatic carbocycles. The summed E-state index contributed by atoms with van der Waals surface area (Å²) in [5, 5.41) is 13.3. The predicted molar refractivity (Wildman–Crippen MR) is 77.4 cm³/mol. The van der Waals surface area contributed by atoms with Crippen LogP contribution in [0.25, 0.3) is 0 Å². The smallest absolute Gasteiger partial charge is 0.0897 e. The third-order valence-electron chi connectivity index (χ3n) is 3.65. The number of nitrogens with one attached hydrogen (secondary N) is 1. The molecule has 0 aromatic carbocycles. The molecule has 1 saturated heterocycles. The average Bonchev–Trinajstić information content (AvgIpc) is 2.41. The van der Waals surface area contributed by atoms with Crippen molar-refractivity contribution < 1.29 is 14.6 Å². The van der Waals surface area contributed by atoms with Gasteiger partial charge in [-0.3, -0.25) is 0 Å². The van der Waals surface area contributed by atoms with E-state index in [4.69, 9.17) is 9.47 Å². The SMILES string of the molecule is CCCCCCOCC(O)CNC1(C)CCCOC1. The predicted octanol–water partition coefficient (Wildman–Crippen LogP) is 2.10. The topological polar surface area (TPSA) is 50.7 Å². The van der Waals surface area contributed by atoms with E-state index >= 15 is 0 Å². The van der Waals surface area contributed by atoms with Crippen LogP contribution in [0.3, 0.4) is 0 Å². The van der Waals surface area contributed by atoms with Crippen LogP contribution in [0.15, 0.2) is 0 Å². The van der Waals surface area contributed by atoms with Gasteiger partial charge in [-0.1, -0.05) is 26.2 Å². The normalized spacial score (nSPS) is 25.4. The summed E-state index contributed by atoms with van der Waals surface area (Å²) in [6.45, 7) is 7.72. The molecule has 0 spiro atoms. The number of ether oxygens (including phenoxy) is 2. The number of β-amino-alcohol motifs (C(OH)–C–C–N with tert-alkyl or cyclic N) is 1. The summed E-state index contributed by atoms with van der Waals surface area (Å²) in [5.41, 5.74) is 0.0142. The molecule has 0 saturated carbocycles. The van der Waals surface area contributed by atoms with Crippen LogP contribution in [-0.4, -0.2) is 49.7 Å². The van der Waals surface area contributed by atoms with Gasteiger partial charge in [0.2, 0.25) is 0 Å². The molecule has 1 aliphatic rings. The Kier molecular flexibility index (Phi) is 8.62. The lowest BCUT2D eigenvalue weighted by Crippen LogP contribution is -2.51. The standard InChI is InChI=1S/C15H31NO3/c1-3-4-5-6-9-18-12-14(17)11-16-15(2)8-7-10-19-13-15/h14,16-17H,3-13H2,1-2H3. The van der Waals surface area contributed by atoms with Gasteiger partial charge in [-0.05, 0) is 26.2 Å². The minimum absolute atomic E-state index is 0.0142. The quantitative estimate of drug-likeness (QED) is 0.599. The summed E-state index contributed by atoms with van der Waals surface area (Å²) in [6, 6.07) is 0. The largest absolute Gasteiger partial charge is 0.389 e. The highest BCUT2D eigenvalue weighted by atomic mass is 16.5. The van der Waals surface area contributed by atoms with E-state index in [0.717, 1.165) is 39.1 Å². The lowest BCUT2D eigenvalue weighted by atomic mass is 9.95. The molecule has 4 nitrogen and oxygen atoms in total. The maximum absolute atomic E-state index is 9.87. The van der Waals surface area contributed by atoms with Gasteiger partial charge in [-0.25, -0.2) is 0 Å². The van der Waals surface area contributed by atoms with Crippen LogP contribution in [0.2, 0.25) is 0 Å². The number of unbranched alkanes of at least 4 members (excludes halogenated alkanes) is 3. The van der Waals surface area contributed by atoms with Crippen LogP contribution < -0.4 is 5.32 Å². The summed E-state index contributed by atoms with van der Waals surface area (Å²) in [7, 11) is 0. The van der Waals surface area contributed by atoms with Crippen LogP contribution in [0.1, 0.15) is 52.4 Å². The van der Waals surface area contributed by atoms with E-state index in [1.54, 1.807) is 0 Å². The van der Waals surface area contributed by atoms with Gasteiger partial charge >= 0.3 is 0 Å². The van der Waals surface area contributed by atoms with Gasteiger partial charge < -0.3 is 19.9 Å². The molecular weight excluding hydrogens is 242 g/mol. The Balaban J connectivity index is 1.99. The third-order valence-corrected chi connectivity index (χ3v) is 3.65. The highest BCUT2D eigenvalue weighted by molar-refractivity contribution is 4.86. The van der Waals surface area contributed by atoms with Crippen molar-refractivity contribution in [3.8, 4) is 0 Å². The fourth-order valence-electron chi connectivity index (χ4n) is 2.35. The minimum atomic E-state index is -0.426. The first-order valence-corrected chi connectivity index (χ1v) is 7.75. The second-order valence-electron chi connectivity index (χ2n) is 5.89. The van der Waals surface area contributed by atoms with Crippen molar-refractivity contribution in [2.45, 2.75) is 64.0 Å². The van der Waals surface area contributed by atoms with E-state index in [-0.39, 0.29) is 5.54 Å². The highest BCUT2D eigenvalue weighted by Gasteiger charge is 2.27. The Morgan fingerprint density at radius 1 is 1.37 bits per heavy atom. The molecular formula is C15H31NO3. The summed E-state index contributed by atoms with van der Waals surface area (Å²) < 4.78 is 11.0. The van der Waals surface area contributed by atoms with E-state index in [1.807, 2.05) is 0 Å². The molecule has 1 heterocycles. The van der Waals surface area contributed by atoms with Crippen LogP contribution in [0.4, 0.5) is 0 Å². The van der Waals surface area contributed by atoms with Crippen molar-refractivity contribution in [3.05, 3.63) is 0 Å². The zero-order chi connectivity index (χ0) is 14.0. The molecule has 0 radical (unpaired) electrons. The molecule has 1 rings (SSSR count). The van der Waals surface area contributed by atoms with E-state index in [1.165, 1.54) is 19.3 Å². The molecule has 2 N–H and O–H groups in total. The van der Waals surface area contributed by atoms with E-state index in [2.05, 4.69) is 19.2 Å². The monoisotopic (exact) mass is 273 g/mol. The molecule has 0 bridgehead atoms. The van der Waals surface area contributed by atoms with E-state index < -0.39 is 6.10 Å². The van der Waals surface area contributed by atoms with Gasteiger partial charge in [0.15, 0.2) is 0 Å². The van der Waals surface area contributed by atoms with Crippen molar-refractivity contribution in [2.75, 3.05) is 33.0 Å². The summed E-state index contributed by atoms with van der Waals surface area (Å²) in [5.74, 6) is 0. The molecule has 0 aromatic rings. The lowest BCUT2D eigenvalue weighted by molar-refractivity contribution is 0.00575. The van der Waals surface area contributed by atoms with Crippen molar-refractivity contribution in [1.29, 1.82) is 0 Å². The van der Waals surface area contributed by atoms with Gasteiger partial charge in [0.05, 0.1) is 19.3 Å². The number of aliphatic hydroxyl groups is 1. The Labute approximate surface area is 117 Å². The van der Waals surface area contributed by atoms with E-state index in [0.29, 0.717) is 13.2 Å². The average molecular weight is 273 g/mol. The number of hydrogen-bond acceptors (Lipinski definition) is 4. The first-order chi connectivity index (χ1) is 9.16. The van der Waals surface area contributed by atoms with Gasteiger partial charge in [-0.2, -0.15) is 0 Å². The molecule has 1 fully saturated rings. The van der Waals surface area contributed by atoms with Gasteiger partial charge in [0.25, 0.3) is 0 Å². The second kappa shape index (κ2) is 9.70.